The van der Waals surface area contributed by atoms with Gasteiger partial charge in [0.1, 0.15) is 5.75 Å². The van der Waals surface area contributed by atoms with Crippen LogP contribution in [0.15, 0.2) is 127 Å². The van der Waals surface area contributed by atoms with Gasteiger partial charge in [0.25, 0.3) is 0 Å². The van der Waals surface area contributed by atoms with E-state index in [9.17, 15) is 0 Å². The Bertz CT molecular complexity index is 2900. The maximum atomic E-state index is 5.25. The SMILES string of the molecule is CC(C)(C)C.CC(C)(C)C1CCCCC1.CC(C)(C)Cc1ccccc1.CC(C)(C)c1ccccc1.CCC(C)(C)C.CCCC(C)(C)C.CCCCC(C)(C)C.CCCCCC(C)(C)C.CCCCCCC(C)(C)C.COc1ccc(C(C)(C)C)cc1.COc1ccc(C(C)(C)C)cc1OC.Cc1ccc(C(C)(C)C)cc1. The standard InChI is InChI=1S/C12H18O2.C11H16O.2C11H16.C10H20.C10H14.C10H22.C9H20.C8H18.C7H16.C6H14.C5H12/c1-12(2,3)9-6-7-10(13-4)11(8-9)14-5;1-11(2,3)9-5-7-10(12-4)8-6-9;1-9-5-7-10(8-6-9)11(2,3)4;1-11(2,3)9-10-7-5-4-6-8-10;2*1-10(2,3)9-7-5-4-6-8-9;1-5-6-7-8-9-10(2,3)4;1-5-6-7-8-9(2,3)4;1-5-6-7-8(2,3)4;1-5-6-7(2,3)4;1-5-6(2,3)4;1-5(2,3)4/h6-8H,1-5H3;5-8H,1-4H3;5-8H,1-4H3;4-8H,9H2,1-3H3;9H,4-8H2,1-3H3;4-8H,1-3H3;5-9H2,1-4H3;5-8H2,1-4H3;5-7H2,1-4H3;5-6H2,1-4H3;5H2,1-4H3;1-4H3. The number of hydrogen-bond donors (Lipinski definition) is 0. The molecule has 6 rings (SSSR count). The molecule has 0 N–H and O–H groups in total. The summed E-state index contributed by atoms with van der Waals surface area (Å²) in [5, 5.41) is 0. The van der Waals surface area contributed by atoms with Gasteiger partial charge in [-0.25, -0.2) is 0 Å². The van der Waals surface area contributed by atoms with E-state index in [1.54, 1.807) is 21.3 Å². The van der Waals surface area contributed by atoms with E-state index in [0.29, 0.717) is 48.7 Å². The number of aryl methyl sites for hydroxylation is 1. The fourth-order valence-electron chi connectivity index (χ4n) is 11.0. The van der Waals surface area contributed by atoms with E-state index in [4.69, 9.17) is 14.2 Å². The van der Waals surface area contributed by atoms with Gasteiger partial charge in [-0.15, -0.1) is 0 Å². The van der Waals surface area contributed by atoms with Gasteiger partial charge < -0.3 is 14.2 Å². The Morgan fingerprint density at radius 3 is 0.876 bits per heavy atom. The molecular formula is C110H202O3. The summed E-state index contributed by atoms with van der Waals surface area (Å²) >= 11 is 0. The lowest BCUT2D eigenvalue weighted by molar-refractivity contribution is 0.180. The van der Waals surface area contributed by atoms with Crippen molar-refractivity contribution < 1.29 is 14.2 Å². The van der Waals surface area contributed by atoms with Gasteiger partial charge >= 0.3 is 0 Å². The zero-order valence-electron chi connectivity index (χ0n) is 85.3. The molecule has 0 saturated heterocycles. The molecular weight excluding hydrogens is 1370 g/mol. The van der Waals surface area contributed by atoms with Crippen molar-refractivity contribution in [3.8, 4) is 17.2 Å². The monoisotopic (exact) mass is 1570 g/mol. The van der Waals surface area contributed by atoms with Gasteiger partial charge in [0, 0.05) is 0 Å². The van der Waals surface area contributed by atoms with Gasteiger partial charge in [0.15, 0.2) is 11.5 Å². The fourth-order valence-corrected chi connectivity index (χ4v) is 11.0. The van der Waals surface area contributed by atoms with Crippen molar-refractivity contribution in [2.45, 2.75) is 454 Å². The summed E-state index contributed by atoms with van der Waals surface area (Å²) in [6.45, 7) is 96.8. The molecule has 0 bridgehead atoms. The number of methoxy groups -OCH3 is 3. The Balaban J connectivity index is -0.000000279. The van der Waals surface area contributed by atoms with Crippen molar-refractivity contribution >= 4 is 0 Å². The lowest BCUT2D eigenvalue weighted by atomic mass is 9.72. The van der Waals surface area contributed by atoms with Gasteiger partial charge in [-0.3, -0.25) is 0 Å². The number of unbranched alkanes of at least 4 members (excludes halogenated alkanes) is 6. The number of hydrogen-bond acceptors (Lipinski definition) is 3. The van der Waals surface area contributed by atoms with Crippen molar-refractivity contribution in [1.29, 1.82) is 0 Å². The minimum atomic E-state index is 0.138. The summed E-state index contributed by atoms with van der Waals surface area (Å²) in [4.78, 5) is 0. The average molecular weight is 1570 g/mol. The molecule has 5 aromatic carbocycles. The van der Waals surface area contributed by atoms with Crippen LogP contribution >= 0.6 is 0 Å². The number of ether oxygens (including phenoxy) is 3. The van der Waals surface area contributed by atoms with E-state index < -0.39 is 0 Å². The van der Waals surface area contributed by atoms with E-state index in [-0.39, 0.29) is 16.2 Å². The maximum Gasteiger partial charge on any atom is 0.161 e. The van der Waals surface area contributed by atoms with Crippen molar-refractivity contribution in [1.82, 2.24) is 0 Å². The number of rotatable bonds is 14. The maximum absolute atomic E-state index is 5.25. The minimum absolute atomic E-state index is 0.138. The highest BCUT2D eigenvalue weighted by Gasteiger charge is 2.26. The zero-order chi connectivity index (χ0) is 89.6. The average Bonchev–Trinajstić information content (AvgIpc) is 0.834. The molecule has 0 unspecified atom stereocenters. The quantitative estimate of drug-likeness (QED) is 0.104. The molecule has 0 radical (unpaired) electrons. The first-order valence-corrected chi connectivity index (χ1v) is 45.2. The Morgan fingerprint density at radius 2 is 0.611 bits per heavy atom. The summed E-state index contributed by atoms with van der Waals surface area (Å²) in [7, 11) is 4.99. The molecule has 1 aliphatic rings. The topological polar surface area (TPSA) is 27.7 Å². The van der Waals surface area contributed by atoms with Crippen LogP contribution in [0.4, 0.5) is 0 Å². The summed E-state index contributed by atoms with van der Waals surface area (Å²) in [5.41, 5.74) is 13.3. The highest BCUT2D eigenvalue weighted by Crippen LogP contribution is 2.38. The molecule has 0 aromatic heterocycles. The zero-order valence-corrected chi connectivity index (χ0v) is 85.3. The summed E-state index contributed by atoms with van der Waals surface area (Å²) < 4.78 is 15.5. The molecule has 3 heteroatoms. The Kier molecular flexibility index (Phi) is 63.4. The van der Waals surface area contributed by atoms with Crippen LogP contribution in [0.5, 0.6) is 17.2 Å². The molecule has 5 aromatic rings. The second-order valence-corrected chi connectivity index (χ2v) is 46.2. The van der Waals surface area contributed by atoms with Gasteiger partial charge in [-0.1, -0.05) is 489 Å². The molecule has 1 fully saturated rings. The van der Waals surface area contributed by atoms with Crippen LogP contribution in [0, 0.1) is 56.2 Å². The smallest absolute Gasteiger partial charge is 0.161 e. The Labute approximate surface area is 712 Å². The molecule has 0 amide bonds. The van der Waals surface area contributed by atoms with E-state index in [1.807, 2.05) is 24.3 Å². The van der Waals surface area contributed by atoms with Crippen molar-refractivity contribution in [2.24, 2.45) is 49.2 Å². The van der Waals surface area contributed by atoms with Crippen LogP contribution in [0.25, 0.3) is 0 Å². The number of benzene rings is 5. The molecule has 660 valence electrons. The van der Waals surface area contributed by atoms with Crippen LogP contribution in [0.3, 0.4) is 0 Å². The third kappa shape index (κ3) is 85.2. The van der Waals surface area contributed by atoms with Gasteiger partial charge in [-0.2, -0.15) is 0 Å². The first kappa shape index (κ1) is 119. The highest BCUT2D eigenvalue weighted by atomic mass is 16.5. The lowest BCUT2D eigenvalue weighted by Crippen LogP contribution is -2.22. The Hall–Kier alpha value is -4.50. The van der Waals surface area contributed by atoms with Crippen LogP contribution in [0.2, 0.25) is 0 Å². The molecule has 1 aliphatic carbocycles. The lowest BCUT2D eigenvalue weighted by Gasteiger charge is -2.33. The normalized spacial score (nSPS) is 12.7. The minimum Gasteiger partial charge on any atom is -0.497 e. The van der Waals surface area contributed by atoms with Crippen LogP contribution in [-0.4, -0.2) is 21.3 Å². The second-order valence-electron chi connectivity index (χ2n) is 46.2. The first-order valence-electron chi connectivity index (χ1n) is 45.2. The predicted octanol–water partition coefficient (Wildman–Crippen LogP) is 37.3. The molecule has 0 aliphatic heterocycles. The molecule has 0 heterocycles. The van der Waals surface area contributed by atoms with Gasteiger partial charge in [0.2, 0.25) is 0 Å². The Morgan fingerprint density at radius 1 is 0.292 bits per heavy atom. The van der Waals surface area contributed by atoms with Crippen molar-refractivity contribution in [3.63, 3.8) is 0 Å². The van der Waals surface area contributed by atoms with Crippen molar-refractivity contribution in [2.75, 3.05) is 21.3 Å². The highest BCUT2D eigenvalue weighted by molar-refractivity contribution is 5.44. The third-order valence-corrected chi connectivity index (χ3v) is 18.8. The molecule has 113 heavy (non-hydrogen) atoms. The van der Waals surface area contributed by atoms with E-state index in [1.165, 1.54) is 162 Å². The molecule has 1 saturated carbocycles. The largest absolute Gasteiger partial charge is 0.497 e. The van der Waals surface area contributed by atoms with Crippen LogP contribution in [-0.2, 0) is 28.1 Å². The summed E-state index contributed by atoms with van der Waals surface area (Å²) in [6, 6.07) is 44.2. The third-order valence-electron chi connectivity index (χ3n) is 18.8. The molecule has 3 nitrogen and oxygen atoms in total. The summed E-state index contributed by atoms with van der Waals surface area (Å²) in [5.74, 6) is 3.49. The van der Waals surface area contributed by atoms with Crippen LogP contribution < -0.4 is 14.2 Å². The first-order chi connectivity index (χ1) is 51.1. The fraction of sp³-hybridized carbons (Fsp3) is 0.727. The van der Waals surface area contributed by atoms with Gasteiger partial charge in [0.05, 0.1) is 21.3 Å². The molecule has 0 spiro atoms. The summed E-state index contributed by atoms with van der Waals surface area (Å²) in [6.07, 6.45) is 29.0. The van der Waals surface area contributed by atoms with E-state index >= 15 is 0 Å². The predicted molar refractivity (Wildman–Crippen MR) is 521 cm³/mol. The van der Waals surface area contributed by atoms with E-state index in [0.717, 1.165) is 29.6 Å². The molecule has 0 atom stereocenters. The van der Waals surface area contributed by atoms with Gasteiger partial charge in [-0.05, 0) is 175 Å². The second kappa shape index (κ2) is 60.0. The van der Waals surface area contributed by atoms with Crippen molar-refractivity contribution in [3.05, 3.63) is 161 Å². The van der Waals surface area contributed by atoms with E-state index in [2.05, 4.69) is 401 Å². The van der Waals surface area contributed by atoms with Crippen LogP contribution in [0.1, 0.15) is 453 Å².